The molecule has 1 aromatic heterocycles. The van der Waals surface area contributed by atoms with Crippen molar-refractivity contribution in [3.05, 3.63) is 40.7 Å². The second-order valence-corrected chi connectivity index (χ2v) is 3.98. The van der Waals surface area contributed by atoms with Gasteiger partial charge in [-0.2, -0.15) is 5.10 Å². The van der Waals surface area contributed by atoms with E-state index in [1.54, 1.807) is 18.2 Å². The maximum Gasteiger partial charge on any atom is 0.360 e. The molecular formula is C11H9ClN2O3. The van der Waals surface area contributed by atoms with Crippen LogP contribution in [0.4, 0.5) is 0 Å². The highest BCUT2D eigenvalue weighted by atomic mass is 35.5. The van der Waals surface area contributed by atoms with Crippen molar-refractivity contribution in [1.29, 1.82) is 0 Å². The Kier molecular flexibility index (Phi) is 2.77. The summed E-state index contributed by atoms with van der Waals surface area (Å²) in [6.45, 7) is 1.84. The predicted molar refractivity (Wildman–Crippen MR) is 61.9 cm³/mol. The van der Waals surface area contributed by atoms with Crippen molar-refractivity contribution in [2.45, 2.75) is 6.92 Å². The summed E-state index contributed by atoms with van der Waals surface area (Å²) >= 11 is 5.86. The molecule has 0 amide bonds. The third-order valence-electron chi connectivity index (χ3n) is 2.32. The molecule has 0 unspecified atom stereocenters. The SMILES string of the molecule is Cc1ccc(Cl)cc1-n1cc(O)c(C(=O)O)n1. The molecule has 0 aliphatic rings. The molecule has 17 heavy (non-hydrogen) atoms. The molecule has 2 N–H and O–H groups in total. The number of hydrogen-bond acceptors (Lipinski definition) is 3. The number of aryl methyl sites for hydroxylation is 1. The van der Waals surface area contributed by atoms with Gasteiger partial charge < -0.3 is 10.2 Å². The van der Waals surface area contributed by atoms with Crippen LogP contribution in [0.15, 0.2) is 24.4 Å². The molecule has 0 saturated heterocycles. The minimum atomic E-state index is -1.28. The van der Waals surface area contributed by atoms with Crippen molar-refractivity contribution in [1.82, 2.24) is 9.78 Å². The fourth-order valence-corrected chi connectivity index (χ4v) is 1.64. The van der Waals surface area contributed by atoms with Crippen molar-refractivity contribution in [2.75, 3.05) is 0 Å². The van der Waals surface area contributed by atoms with Crippen LogP contribution in [-0.2, 0) is 0 Å². The van der Waals surface area contributed by atoms with Crippen LogP contribution in [0.2, 0.25) is 5.02 Å². The summed E-state index contributed by atoms with van der Waals surface area (Å²) in [5, 5.41) is 22.5. The molecule has 88 valence electrons. The molecule has 1 aromatic carbocycles. The smallest absolute Gasteiger partial charge is 0.360 e. The zero-order chi connectivity index (χ0) is 12.6. The summed E-state index contributed by atoms with van der Waals surface area (Å²) in [7, 11) is 0. The third-order valence-corrected chi connectivity index (χ3v) is 2.55. The topological polar surface area (TPSA) is 75.4 Å². The van der Waals surface area contributed by atoms with Crippen molar-refractivity contribution < 1.29 is 15.0 Å². The molecule has 0 saturated carbocycles. The Labute approximate surface area is 102 Å². The van der Waals surface area contributed by atoms with E-state index in [0.717, 1.165) is 5.56 Å². The Balaban J connectivity index is 2.57. The Morgan fingerprint density at radius 1 is 1.47 bits per heavy atom. The van der Waals surface area contributed by atoms with Gasteiger partial charge in [0.1, 0.15) is 0 Å². The van der Waals surface area contributed by atoms with Crippen LogP contribution in [0.25, 0.3) is 5.69 Å². The number of hydrogen-bond donors (Lipinski definition) is 2. The summed E-state index contributed by atoms with van der Waals surface area (Å²) < 4.78 is 1.29. The summed E-state index contributed by atoms with van der Waals surface area (Å²) in [5.41, 5.74) is 1.11. The number of carboxylic acid groups (broad SMARTS) is 1. The van der Waals surface area contributed by atoms with Crippen LogP contribution in [0.1, 0.15) is 16.1 Å². The highest BCUT2D eigenvalue weighted by molar-refractivity contribution is 6.30. The Morgan fingerprint density at radius 3 is 2.76 bits per heavy atom. The maximum atomic E-state index is 10.8. The molecule has 1 heterocycles. The molecule has 6 heteroatoms. The van der Waals surface area contributed by atoms with E-state index in [-0.39, 0.29) is 11.4 Å². The number of benzene rings is 1. The van der Waals surface area contributed by atoms with E-state index in [2.05, 4.69) is 5.10 Å². The minimum Gasteiger partial charge on any atom is -0.504 e. The molecule has 0 radical (unpaired) electrons. The van der Waals surface area contributed by atoms with E-state index >= 15 is 0 Å². The normalized spacial score (nSPS) is 10.5. The highest BCUT2D eigenvalue weighted by Gasteiger charge is 2.16. The van der Waals surface area contributed by atoms with Gasteiger partial charge in [-0.05, 0) is 24.6 Å². The lowest BCUT2D eigenvalue weighted by atomic mass is 10.2. The summed E-state index contributed by atoms with van der Waals surface area (Å²) in [5.74, 6) is -1.65. The van der Waals surface area contributed by atoms with Crippen molar-refractivity contribution in [3.8, 4) is 11.4 Å². The molecule has 2 aromatic rings. The van der Waals surface area contributed by atoms with Crippen molar-refractivity contribution in [3.63, 3.8) is 0 Å². The average molecular weight is 253 g/mol. The standard InChI is InChI=1S/C11H9ClN2O3/c1-6-2-3-7(12)4-8(6)14-5-9(15)10(13-14)11(16)17/h2-5,15H,1H3,(H,16,17). The largest absolute Gasteiger partial charge is 0.504 e. The number of carboxylic acids is 1. The lowest BCUT2D eigenvalue weighted by molar-refractivity contribution is 0.0687. The lowest BCUT2D eigenvalue weighted by Crippen LogP contribution is -2.02. The first kappa shape index (κ1) is 11.5. The van der Waals surface area contributed by atoms with Crippen LogP contribution in [0, 0.1) is 6.92 Å². The van der Waals surface area contributed by atoms with Gasteiger partial charge >= 0.3 is 5.97 Å². The predicted octanol–water partition coefficient (Wildman–Crippen LogP) is 2.24. The highest BCUT2D eigenvalue weighted by Crippen LogP contribution is 2.22. The van der Waals surface area contributed by atoms with Gasteiger partial charge in [0, 0.05) is 5.02 Å². The summed E-state index contributed by atoms with van der Waals surface area (Å²) in [6, 6.07) is 5.16. The van der Waals surface area contributed by atoms with Crippen LogP contribution in [0.5, 0.6) is 5.75 Å². The van der Waals surface area contributed by atoms with E-state index < -0.39 is 5.97 Å². The zero-order valence-corrected chi connectivity index (χ0v) is 9.64. The molecular weight excluding hydrogens is 244 g/mol. The monoisotopic (exact) mass is 252 g/mol. The van der Waals surface area contributed by atoms with Crippen LogP contribution in [0.3, 0.4) is 0 Å². The Morgan fingerprint density at radius 2 is 2.18 bits per heavy atom. The number of rotatable bonds is 2. The average Bonchev–Trinajstić information content (AvgIpc) is 2.64. The van der Waals surface area contributed by atoms with Crippen LogP contribution < -0.4 is 0 Å². The quantitative estimate of drug-likeness (QED) is 0.859. The molecule has 0 aliphatic carbocycles. The number of nitrogens with zero attached hydrogens (tertiary/aromatic N) is 2. The summed E-state index contributed by atoms with van der Waals surface area (Å²) in [4.78, 5) is 10.8. The molecule has 5 nitrogen and oxygen atoms in total. The first-order valence-corrected chi connectivity index (χ1v) is 5.15. The third kappa shape index (κ3) is 2.09. The molecule has 0 atom stereocenters. The first-order valence-electron chi connectivity index (χ1n) is 4.77. The van der Waals surface area contributed by atoms with Gasteiger partial charge in [0.15, 0.2) is 5.75 Å². The number of aromatic carboxylic acids is 1. The molecule has 0 spiro atoms. The van der Waals surface area contributed by atoms with Gasteiger partial charge in [-0.25, -0.2) is 9.48 Å². The summed E-state index contributed by atoms with van der Waals surface area (Å²) in [6.07, 6.45) is 1.24. The Hall–Kier alpha value is -2.01. The fourth-order valence-electron chi connectivity index (χ4n) is 1.47. The van der Waals surface area contributed by atoms with E-state index in [4.69, 9.17) is 16.7 Å². The van der Waals surface area contributed by atoms with E-state index in [0.29, 0.717) is 10.7 Å². The zero-order valence-electron chi connectivity index (χ0n) is 8.88. The molecule has 0 aliphatic heterocycles. The maximum absolute atomic E-state index is 10.8. The fraction of sp³-hybridized carbons (Fsp3) is 0.0909. The van der Waals surface area contributed by atoms with Crippen LogP contribution in [-0.4, -0.2) is 26.0 Å². The second kappa shape index (κ2) is 4.10. The van der Waals surface area contributed by atoms with Gasteiger partial charge in [-0.15, -0.1) is 0 Å². The van der Waals surface area contributed by atoms with Crippen molar-refractivity contribution >= 4 is 17.6 Å². The van der Waals surface area contributed by atoms with Crippen LogP contribution >= 0.6 is 11.6 Å². The second-order valence-electron chi connectivity index (χ2n) is 3.54. The number of halogens is 1. The molecule has 2 rings (SSSR count). The molecule has 0 fully saturated rings. The number of aromatic hydroxyl groups is 1. The lowest BCUT2D eigenvalue weighted by Gasteiger charge is -2.05. The number of aromatic nitrogens is 2. The van der Waals surface area contributed by atoms with E-state index in [9.17, 15) is 9.90 Å². The van der Waals surface area contributed by atoms with Gasteiger partial charge in [0.2, 0.25) is 5.69 Å². The minimum absolute atomic E-state index is 0.378. The Bertz CT molecular complexity index is 592. The number of carbonyl (C=O) groups is 1. The van der Waals surface area contributed by atoms with Gasteiger partial charge in [0.05, 0.1) is 11.9 Å². The van der Waals surface area contributed by atoms with Crippen molar-refractivity contribution in [2.24, 2.45) is 0 Å². The van der Waals surface area contributed by atoms with E-state index in [1.165, 1.54) is 10.9 Å². The van der Waals surface area contributed by atoms with E-state index in [1.807, 2.05) is 6.92 Å². The van der Waals surface area contributed by atoms with Gasteiger partial charge in [0.25, 0.3) is 0 Å². The van der Waals surface area contributed by atoms with Gasteiger partial charge in [-0.3, -0.25) is 0 Å². The molecule has 0 bridgehead atoms. The van der Waals surface area contributed by atoms with Gasteiger partial charge in [-0.1, -0.05) is 17.7 Å². The first-order chi connectivity index (χ1) is 7.99.